The molecule has 7 nitrogen and oxygen atoms in total. The van der Waals surface area contributed by atoms with E-state index in [1.807, 2.05) is 0 Å². The van der Waals surface area contributed by atoms with Gasteiger partial charge in [-0.2, -0.15) is 12.8 Å². The second-order valence-electron chi connectivity index (χ2n) is 4.06. The molecule has 0 spiro atoms. The Bertz CT molecular complexity index is 798. The maximum absolute atomic E-state index is 11.9. The van der Waals surface area contributed by atoms with Gasteiger partial charge in [-0.05, 0) is 30.5 Å². The molecular weight excluding hydrogens is 328 g/mol. The molecule has 0 radical (unpaired) electrons. The van der Waals surface area contributed by atoms with E-state index in [-0.39, 0.29) is 15.6 Å². The first-order valence-corrected chi connectivity index (χ1v) is 8.51. The van der Waals surface area contributed by atoms with E-state index in [1.54, 1.807) is 18.4 Å². The van der Waals surface area contributed by atoms with Gasteiger partial charge >= 0.3 is 5.69 Å². The summed E-state index contributed by atoms with van der Waals surface area (Å²) in [7, 11) is -3.78. The highest BCUT2D eigenvalue weighted by molar-refractivity contribution is 7.92. The van der Waals surface area contributed by atoms with E-state index < -0.39 is 14.9 Å². The van der Waals surface area contributed by atoms with E-state index in [0.717, 1.165) is 17.6 Å². The number of hydrogen-bond acceptors (Lipinski definition) is 6. The quantitative estimate of drug-likeness (QED) is 0.457. The molecule has 0 saturated heterocycles. The average Bonchev–Trinajstić information content (AvgIpc) is 3.01. The van der Waals surface area contributed by atoms with Gasteiger partial charge in [-0.25, -0.2) is 0 Å². The van der Waals surface area contributed by atoms with Gasteiger partial charge in [0, 0.05) is 17.8 Å². The first kappa shape index (κ1) is 16.1. The number of sulfonamides is 1. The molecule has 0 atom stereocenters. The summed E-state index contributed by atoms with van der Waals surface area (Å²) in [5.41, 5.74) is 0.0644. The van der Waals surface area contributed by atoms with E-state index in [0.29, 0.717) is 12.2 Å². The van der Waals surface area contributed by atoms with Gasteiger partial charge in [-0.1, -0.05) is 6.07 Å². The molecule has 116 valence electrons. The third kappa shape index (κ3) is 3.68. The number of nitrogens with zero attached hydrogens (tertiary/aromatic N) is 2. The lowest BCUT2D eigenvalue weighted by Crippen LogP contribution is -1.99. The number of benzene rings is 1. The first-order chi connectivity index (χ1) is 10.4. The fourth-order valence-electron chi connectivity index (χ4n) is 1.63. The van der Waals surface area contributed by atoms with Gasteiger partial charge < -0.3 is 4.74 Å². The SMILES string of the molecule is CCOc1ccc(/C=N\S(=O)(=O)c2cccs2)cc1[N+](=O)[O-]. The van der Waals surface area contributed by atoms with E-state index in [9.17, 15) is 18.5 Å². The van der Waals surface area contributed by atoms with E-state index in [4.69, 9.17) is 4.74 Å². The third-order valence-electron chi connectivity index (χ3n) is 2.57. The highest BCUT2D eigenvalue weighted by atomic mass is 32.2. The largest absolute Gasteiger partial charge is 0.487 e. The second kappa shape index (κ2) is 6.67. The van der Waals surface area contributed by atoms with Crippen molar-refractivity contribution in [3.05, 3.63) is 51.4 Å². The van der Waals surface area contributed by atoms with Crippen LogP contribution in [0.5, 0.6) is 5.75 Å². The summed E-state index contributed by atoms with van der Waals surface area (Å²) in [6.45, 7) is 2.01. The van der Waals surface area contributed by atoms with Crippen LogP contribution in [0.25, 0.3) is 0 Å². The number of thiophene rings is 1. The molecule has 0 bridgehead atoms. The van der Waals surface area contributed by atoms with Crippen molar-refractivity contribution in [2.24, 2.45) is 4.40 Å². The lowest BCUT2D eigenvalue weighted by atomic mass is 10.2. The van der Waals surface area contributed by atoms with Crippen LogP contribution in [0.3, 0.4) is 0 Å². The van der Waals surface area contributed by atoms with Crippen LogP contribution >= 0.6 is 11.3 Å². The maximum Gasteiger partial charge on any atom is 0.311 e. The summed E-state index contributed by atoms with van der Waals surface area (Å²) in [4.78, 5) is 10.4. The van der Waals surface area contributed by atoms with Crippen LogP contribution in [-0.4, -0.2) is 26.2 Å². The Morgan fingerprint density at radius 2 is 2.18 bits per heavy atom. The number of nitro groups is 1. The number of nitro benzene ring substituents is 1. The fourth-order valence-corrected chi connectivity index (χ4v) is 3.47. The first-order valence-electron chi connectivity index (χ1n) is 6.19. The summed E-state index contributed by atoms with van der Waals surface area (Å²) < 4.78 is 32.6. The van der Waals surface area contributed by atoms with Crippen molar-refractivity contribution in [3.8, 4) is 5.75 Å². The Kier molecular flexibility index (Phi) is 4.88. The molecule has 0 unspecified atom stereocenters. The van der Waals surface area contributed by atoms with E-state index in [2.05, 4.69) is 4.40 Å². The molecule has 0 N–H and O–H groups in total. The zero-order chi connectivity index (χ0) is 16.2. The summed E-state index contributed by atoms with van der Waals surface area (Å²) in [6.07, 6.45) is 1.08. The van der Waals surface area contributed by atoms with Gasteiger partial charge in [0.15, 0.2) is 5.75 Å². The third-order valence-corrected chi connectivity index (χ3v) is 5.18. The monoisotopic (exact) mass is 340 g/mol. The van der Waals surface area contributed by atoms with Gasteiger partial charge in [-0.15, -0.1) is 11.3 Å². The zero-order valence-electron chi connectivity index (χ0n) is 11.5. The van der Waals surface area contributed by atoms with Crippen LogP contribution in [0.1, 0.15) is 12.5 Å². The molecule has 0 amide bonds. The molecule has 0 aliphatic heterocycles. The Morgan fingerprint density at radius 3 is 2.77 bits per heavy atom. The average molecular weight is 340 g/mol. The smallest absolute Gasteiger partial charge is 0.311 e. The van der Waals surface area contributed by atoms with E-state index in [1.165, 1.54) is 24.3 Å². The number of hydrogen-bond donors (Lipinski definition) is 0. The van der Waals surface area contributed by atoms with Crippen LogP contribution in [-0.2, 0) is 10.0 Å². The van der Waals surface area contributed by atoms with E-state index >= 15 is 0 Å². The van der Waals surface area contributed by atoms with Gasteiger partial charge in [0.05, 0.1) is 11.5 Å². The Balaban J connectivity index is 2.32. The molecular formula is C13H12N2O5S2. The number of ether oxygens (including phenoxy) is 1. The van der Waals surface area contributed by atoms with Crippen molar-refractivity contribution in [1.29, 1.82) is 0 Å². The molecule has 0 aliphatic rings. The molecule has 1 aromatic heterocycles. The molecule has 1 aromatic carbocycles. The molecule has 0 fully saturated rings. The fraction of sp³-hybridized carbons (Fsp3) is 0.154. The summed E-state index contributed by atoms with van der Waals surface area (Å²) in [6, 6.07) is 7.19. The van der Waals surface area contributed by atoms with Crippen LogP contribution in [0, 0.1) is 10.1 Å². The van der Waals surface area contributed by atoms with Crippen molar-refractivity contribution < 1.29 is 18.1 Å². The molecule has 2 rings (SSSR count). The highest BCUT2D eigenvalue weighted by Gasteiger charge is 2.16. The predicted octanol–water partition coefficient (Wildman–Crippen LogP) is 2.86. The zero-order valence-corrected chi connectivity index (χ0v) is 13.1. The lowest BCUT2D eigenvalue weighted by Gasteiger charge is -2.04. The summed E-state index contributed by atoms with van der Waals surface area (Å²) >= 11 is 1.05. The minimum absolute atomic E-state index is 0.115. The Morgan fingerprint density at radius 1 is 1.41 bits per heavy atom. The van der Waals surface area contributed by atoms with Crippen molar-refractivity contribution in [1.82, 2.24) is 0 Å². The number of rotatable bonds is 6. The van der Waals surface area contributed by atoms with Crippen LogP contribution in [0.15, 0.2) is 44.3 Å². The van der Waals surface area contributed by atoms with Crippen LogP contribution < -0.4 is 4.74 Å². The summed E-state index contributed by atoms with van der Waals surface area (Å²) in [5, 5.41) is 12.6. The van der Waals surface area contributed by atoms with Crippen LogP contribution in [0.4, 0.5) is 5.69 Å². The van der Waals surface area contributed by atoms with Crippen molar-refractivity contribution in [2.45, 2.75) is 11.1 Å². The second-order valence-corrected chi connectivity index (χ2v) is 6.87. The molecule has 22 heavy (non-hydrogen) atoms. The molecule has 1 heterocycles. The van der Waals surface area contributed by atoms with Crippen LogP contribution in [0.2, 0.25) is 0 Å². The lowest BCUT2D eigenvalue weighted by molar-refractivity contribution is -0.385. The highest BCUT2D eigenvalue weighted by Crippen LogP contribution is 2.27. The van der Waals surface area contributed by atoms with Gasteiger partial charge in [-0.3, -0.25) is 10.1 Å². The Labute approximate surface area is 131 Å². The molecule has 0 aliphatic carbocycles. The van der Waals surface area contributed by atoms with Gasteiger partial charge in [0.2, 0.25) is 0 Å². The van der Waals surface area contributed by atoms with Crippen molar-refractivity contribution in [3.63, 3.8) is 0 Å². The predicted molar refractivity (Wildman–Crippen MR) is 83.4 cm³/mol. The minimum atomic E-state index is -3.78. The minimum Gasteiger partial charge on any atom is -0.487 e. The topological polar surface area (TPSA) is 98.9 Å². The maximum atomic E-state index is 11.9. The standard InChI is InChI=1S/C13H12N2O5S2/c1-2-20-12-6-5-10(8-11(12)15(16)17)9-14-22(18,19)13-4-3-7-21-13/h3-9H,2H2,1H3/b14-9-. The van der Waals surface area contributed by atoms with Gasteiger partial charge in [0.25, 0.3) is 10.0 Å². The molecule has 0 saturated carbocycles. The normalized spacial score (nSPS) is 11.7. The molecule has 9 heteroatoms. The van der Waals surface area contributed by atoms with Crippen molar-refractivity contribution >= 4 is 33.3 Å². The van der Waals surface area contributed by atoms with Gasteiger partial charge in [0.1, 0.15) is 4.21 Å². The van der Waals surface area contributed by atoms with Crippen molar-refractivity contribution in [2.75, 3.05) is 6.61 Å². The molecule has 2 aromatic rings. The summed E-state index contributed by atoms with van der Waals surface area (Å²) in [5.74, 6) is 0.130. The Hall–Kier alpha value is -2.26.